The maximum absolute atomic E-state index is 11.5. The number of thiophene rings is 1. The van der Waals surface area contributed by atoms with Crippen LogP contribution >= 0.6 is 22.9 Å². The van der Waals surface area contributed by atoms with Crippen LogP contribution in [-0.2, 0) is 9.73 Å². The highest BCUT2D eigenvalue weighted by atomic mass is 35.5. The predicted molar refractivity (Wildman–Crippen MR) is 67.1 cm³/mol. The zero-order valence-corrected chi connectivity index (χ0v) is 10.7. The van der Waals surface area contributed by atoms with Crippen molar-refractivity contribution in [3.8, 4) is 0 Å². The van der Waals surface area contributed by atoms with Crippen molar-refractivity contribution >= 4 is 48.0 Å². The molecule has 0 aliphatic rings. The van der Waals surface area contributed by atoms with Crippen LogP contribution < -0.4 is 0 Å². The molecule has 1 aromatic heterocycles. The van der Waals surface area contributed by atoms with Crippen molar-refractivity contribution in [3.63, 3.8) is 0 Å². The number of nitrogens with one attached hydrogen (secondary N) is 1. The Morgan fingerprint density at radius 1 is 1.44 bits per heavy atom. The average molecular weight is 274 g/mol. The van der Waals surface area contributed by atoms with Crippen LogP contribution in [0, 0.1) is 4.78 Å². The Kier molecular flexibility index (Phi) is 2.77. The summed E-state index contributed by atoms with van der Waals surface area (Å²) in [7, 11) is -2.72. The molecule has 0 spiro atoms. The summed E-state index contributed by atoms with van der Waals surface area (Å²) in [6, 6.07) is 6.74. The van der Waals surface area contributed by atoms with Crippen molar-refractivity contribution in [2.24, 2.45) is 0 Å². The van der Waals surface area contributed by atoms with E-state index in [2.05, 4.69) is 0 Å². The fourth-order valence-corrected chi connectivity index (χ4v) is 3.09. The van der Waals surface area contributed by atoms with E-state index in [4.69, 9.17) is 16.4 Å². The third kappa shape index (κ3) is 2.11. The molecule has 0 saturated carbocycles. The van der Waals surface area contributed by atoms with Gasteiger partial charge in [0.15, 0.2) is 0 Å². The van der Waals surface area contributed by atoms with Gasteiger partial charge in [-0.05, 0) is 41.3 Å². The van der Waals surface area contributed by atoms with Crippen molar-refractivity contribution in [1.82, 2.24) is 0 Å². The summed E-state index contributed by atoms with van der Waals surface area (Å²) >= 11 is 6.67. The lowest BCUT2D eigenvalue weighted by Crippen LogP contribution is -1.93. The first-order chi connectivity index (χ1) is 7.38. The second-order valence-corrected chi connectivity index (χ2v) is 7.01. The van der Waals surface area contributed by atoms with E-state index in [0.717, 1.165) is 10.1 Å². The van der Waals surface area contributed by atoms with Crippen molar-refractivity contribution in [2.75, 3.05) is 6.26 Å². The topological polar surface area (TPSA) is 58.0 Å². The van der Waals surface area contributed by atoms with Crippen LogP contribution in [0.1, 0.15) is 9.67 Å². The van der Waals surface area contributed by atoms with Gasteiger partial charge in [-0.2, -0.15) is 0 Å². The van der Waals surface area contributed by atoms with E-state index in [0.29, 0.717) is 9.77 Å². The number of hydrogen-bond acceptors (Lipinski definition) is 4. The summed E-state index contributed by atoms with van der Waals surface area (Å²) in [4.78, 5) is 11.9. The standard InChI is InChI=1S/C10H8ClNO2S2/c1-16(12,14)7-2-3-8-6(4-7)5-9(15-8)10(11)13/h2-5,12H,1H3. The summed E-state index contributed by atoms with van der Waals surface area (Å²) in [6.07, 6.45) is 1.37. The van der Waals surface area contributed by atoms with Crippen molar-refractivity contribution in [3.05, 3.63) is 29.1 Å². The normalized spacial score (nSPS) is 14.9. The van der Waals surface area contributed by atoms with Crippen LogP contribution in [0.4, 0.5) is 0 Å². The predicted octanol–water partition coefficient (Wildman–Crippen LogP) is 3.32. The van der Waals surface area contributed by atoms with Crippen LogP contribution in [0.2, 0.25) is 0 Å². The van der Waals surface area contributed by atoms with Gasteiger partial charge >= 0.3 is 0 Å². The SMILES string of the molecule is CS(=N)(=O)c1ccc2sc(C(=O)Cl)cc2c1. The molecule has 2 rings (SSSR count). The second-order valence-electron chi connectivity index (χ2n) is 3.43. The molecular formula is C10H8ClNO2S2. The lowest BCUT2D eigenvalue weighted by molar-refractivity contribution is 0.108. The molecule has 6 heteroatoms. The molecule has 1 atom stereocenters. The van der Waals surface area contributed by atoms with Crippen molar-refractivity contribution in [2.45, 2.75) is 4.90 Å². The molecule has 0 aliphatic heterocycles. The highest BCUT2D eigenvalue weighted by Gasteiger charge is 2.10. The van der Waals surface area contributed by atoms with Gasteiger partial charge in [-0.3, -0.25) is 4.79 Å². The molecule has 0 bridgehead atoms. The maximum Gasteiger partial charge on any atom is 0.262 e. The van der Waals surface area contributed by atoms with Gasteiger partial charge in [0.05, 0.1) is 14.6 Å². The first kappa shape index (κ1) is 11.6. The van der Waals surface area contributed by atoms with Gasteiger partial charge in [0, 0.05) is 15.9 Å². The fourth-order valence-electron chi connectivity index (χ4n) is 1.36. The lowest BCUT2D eigenvalue weighted by atomic mass is 10.2. The molecule has 1 aromatic carbocycles. The molecule has 1 heterocycles. The highest BCUT2D eigenvalue weighted by Crippen LogP contribution is 2.28. The minimum Gasteiger partial charge on any atom is -0.275 e. The van der Waals surface area contributed by atoms with Gasteiger partial charge in [-0.15, -0.1) is 11.3 Å². The summed E-state index contributed by atoms with van der Waals surface area (Å²) < 4.78 is 19.9. The summed E-state index contributed by atoms with van der Waals surface area (Å²) in [5, 5.41) is 0.305. The Morgan fingerprint density at radius 3 is 2.69 bits per heavy atom. The van der Waals surface area contributed by atoms with E-state index in [1.807, 2.05) is 0 Å². The molecular weight excluding hydrogens is 266 g/mol. The van der Waals surface area contributed by atoms with Gasteiger partial charge in [0.1, 0.15) is 0 Å². The van der Waals surface area contributed by atoms with Gasteiger partial charge in [0.2, 0.25) is 0 Å². The maximum atomic E-state index is 11.5. The van der Waals surface area contributed by atoms with Crippen LogP contribution in [0.3, 0.4) is 0 Å². The van der Waals surface area contributed by atoms with Gasteiger partial charge in [-0.25, -0.2) is 8.99 Å². The molecule has 3 nitrogen and oxygen atoms in total. The van der Waals surface area contributed by atoms with Crippen molar-refractivity contribution < 1.29 is 9.00 Å². The molecule has 0 amide bonds. The Morgan fingerprint density at radius 2 is 2.12 bits per heavy atom. The van der Waals surface area contributed by atoms with Crippen molar-refractivity contribution in [1.29, 1.82) is 4.78 Å². The van der Waals surface area contributed by atoms with E-state index in [9.17, 15) is 9.00 Å². The Hall–Kier alpha value is -0.910. The second kappa shape index (κ2) is 3.84. The minimum absolute atomic E-state index is 0.460. The van der Waals surface area contributed by atoms with E-state index < -0.39 is 15.0 Å². The van der Waals surface area contributed by atoms with Gasteiger partial charge < -0.3 is 0 Å². The quantitative estimate of drug-likeness (QED) is 0.854. The van der Waals surface area contributed by atoms with E-state index in [1.165, 1.54) is 17.6 Å². The number of carbonyl (C=O) groups is 1. The molecule has 2 aromatic rings. The molecule has 16 heavy (non-hydrogen) atoms. The van der Waals surface area contributed by atoms with Gasteiger partial charge in [-0.1, -0.05) is 0 Å². The number of carbonyl (C=O) groups excluding carboxylic acids is 1. The molecule has 0 aliphatic carbocycles. The summed E-state index contributed by atoms with van der Waals surface area (Å²) in [5.41, 5.74) is 0. The number of benzene rings is 1. The average Bonchev–Trinajstić information content (AvgIpc) is 2.58. The zero-order valence-electron chi connectivity index (χ0n) is 8.32. The Balaban J connectivity index is 2.67. The number of halogens is 1. The molecule has 1 unspecified atom stereocenters. The first-order valence-corrected chi connectivity index (χ1v) is 7.51. The fraction of sp³-hybridized carbons (Fsp3) is 0.100. The van der Waals surface area contributed by atoms with Crippen LogP contribution in [0.25, 0.3) is 10.1 Å². The lowest BCUT2D eigenvalue weighted by Gasteiger charge is -1.99. The third-order valence-corrected chi connectivity index (χ3v) is 4.72. The zero-order chi connectivity index (χ0) is 11.9. The van der Waals surface area contributed by atoms with Crippen LogP contribution in [-0.4, -0.2) is 15.7 Å². The summed E-state index contributed by atoms with van der Waals surface area (Å²) in [6.45, 7) is 0. The molecule has 1 N–H and O–H groups in total. The van der Waals surface area contributed by atoms with Crippen LogP contribution in [0.15, 0.2) is 29.2 Å². The molecule has 0 fully saturated rings. The number of hydrogen-bond donors (Lipinski definition) is 1. The van der Waals surface area contributed by atoms with Crippen LogP contribution in [0.5, 0.6) is 0 Å². The van der Waals surface area contributed by atoms with E-state index in [-0.39, 0.29) is 0 Å². The smallest absolute Gasteiger partial charge is 0.262 e. The largest absolute Gasteiger partial charge is 0.275 e. The minimum atomic E-state index is -2.72. The monoisotopic (exact) mass is 273 g/mol. The van der Waals surface area contributed by atoms with E-state index >= 15 is 0 Å². The third-order valence-electron chi connectivity index (χ3n) is 2.13. The Bertz CT molecular complexity index is 673. The number of rotatable bonds is 2. The Labute approximate surface area is 102 Å². The van der Waals surface area contributed by atoms with E-state index in [1.54, 1.807) is 24.3 Å². The number of fused-ring (bicyclic) bond motifs is 1. The molecule has 0 radical (unpaired) electrons. The van der Waals surface area contributed by atoms with Gasteiger partial charge in [0.25, 0.3) is 5.24 Å². The first-order valence-electron chi connectivity index (χ1n) is 4.35. The highest BCUT2D eigenvalue weighted by molar-refractivity contribution is 7.91. The molecule has 84 valence electrons. The molecule has 0 saturated heterocycles. The summed E-state index contributed by atoms with van der Waals surface area (Å²) in [5.74, 6) is 0.